The van der Waals surface area contributed by atoms with Gasteiger partial charge in [0, 0.05) is 39.3 Å². The standard InChI is InChI=1S/C16H24N2O/c1-14(2)12-17-8-10-18(11-9-17)13-16(19)15-6-4-3-5-7-15/h3-7,16,19H,1,8-13H2,2H3. The number of benzene rings is 1. The van der Waals surface area contributed by atoms with Crippen LogP contribution in [0.5, 0.6) is 0 Å². The topological polar surface area (TPSA) is 26.7 Å². The van der Waals surface area contributed by atoms with Gasteiger partial charge >= 0.3 is 0 Å². The molecule has 0 aromatic heterocycles. The SMILES string of the molecule is C=C(C)CN1CCN(CC(O)c2ccccc2)CC1. The summed E-state index contributed by atoms with van der Waals surface area (Å²) >= 11 is 0. The van der Waals surface area contributed by atoms with Gasteiger partial charge < -0.3 is 5.11 Å². The first-order valence-corrected chi connectivity index (χ1v) is 6.97. The number of nitrogens with zero attached hydrogens (tertiary/aromatic N) is 2. The molecular weight excluding hydrogens is 236 g/mol. The van der Waals surface area contributed by atoms with Gasteiger partial charge in [-0.05, 0) is 12.5 Å². The van der Waals surface area contributed by atoms with E-state index in [2.05, 4.69) is 23.3 Å². The number of piperazine rings is 1. The Morgan fingerprint density at radius 3 is 2.32 bits per heavy atom. The molecule has 19 heavy (non-hydrogen) atoms. The number of hydrogen-bond acceptors (Lipinski definition) is 3. The molecule has 0 aliphatic carbocycles. The lowest BCUT2D eigenvalue weighted by molar-refractivity contribution is 0.0756. The maximum Gasteiger partial charge on any atom is 0.0916 e. The summed E-state index contributed by atoms with van der Waals surface area (Å²) in [5, 5.41) is 10.2. The molecule has 1 N–H and O–H groups in total. The summed E-state index contributed by atoms with van der Waals surface area (Å²) in [6.45, 7) is 11.9. The van der Waals surface area contributed by atoms with Gasteiger partial charge in [-0.2, -0.15) is 0 Å². The molecule has 0 saturated carbocycles. The van der Waals surface area contributed by atoms with Crippen molar-refractivity contribution in [2.45, 2.75) is 13.0 Å². The van der Waals surface area contributed by atoms with Crippen LogP contribution in [-0.4, -0.2) is 54.2 Å². The van der Waals surface area contributed by atoms with Gasteiger partial charge in [0.1, 0.15) is 0 Å². The van der Waals surface area contributed by atoms with E-state index in [0.29, 0.717) is 0 Å². The number of β-amino-alcohol motifs (C(OH)–C–C–N with tert-alkyl or cyclic N) is 1. The summed E-state index contributed by atoms with van der Waals surface area (Å²) < 4.78 is 0. The van der Waals surface area contributed by atoms with Gasteiger partial charge in [0.2, 0.25) is 0 Å². The Hall–Kier alpha value is -1.16. The van der Waals surface area contributed by atoms with Crippen molar-refractivity contribution in [1.29, 1.82) is 0 Å². The fourth-order valence-electron chi connectivity index (χ4n) is 2.54. The van der Waals surface area contributed by atoms with E-state index >= 15 is 0 Å². The van der Waals surface area contributed by atoms with Gasteiger partial charge in [-0.15, -0.1) is 0 Å². The second kappa shape index (κ2) is 6.85. The predicted octanol–water partition coefficient (Wildman–Crippen LogP) is 1.91. The van der Waals surface area contributed by atoms with E-state index in [1.54, 1.807) is 0 Å². The lowest BCUT2D eigenvalue weighted by Gasteiger charge is -2.35. The van der Waals surface area contributed by atoms with Crippen LogP contribution in [0.4, 0.5) is 0 Å². The van der Waals surface area contributed by atoms with Crippen molar-refractivity contribution in [3.63, 3.8) is 0 Å². The third-order valence-electron chi connectivity index (χ3n) is 3.57. The zero-order valence-electron chi connectivity index (χ0n) is 11.8. The Bertz CT molecular complexity index is 396. The highest BCUT2D eigenvalue weighted by atomic mass is 16.3. The minimum Gasteiger partial charge on any atom is -0.387 e. The lowest BCUT2D eigenvalue weighted by atomic mass is 10.1. The molecule has 1 aromatic carbocycles. The molecular formula is C16H24N2O. The van der Waals surface area contributed by atoms with E-state index in [4.69, 9.17) is 0 Å². The van der Waals surface area contributed by atoms with Crippen LogP contribution in [0.1, 0.15) is 18.6 Å². The fourth-order valence-corrected chi connectivity index (χ4v) is 2.54. The van der Waals surface area contributed by atoms with Crippen LogP contribution in [0.3, 0.4) is 0 Å². The van der Waals surface area contributed by atoms with Crippen LogP contribution >= 0.6 is 0 Å². The van der Waals surface area contributed by atoms with E-state index in [1.807, 2.05) is 30.3 Å². The first kappa shape index (κ1) is 14.3. The molecule has 3 heteroatoms. The minimum absolute atomic E-state index is 0.381. The summed E-state index contributed by atoms with van der Waals surface area (Å²) in [5.41, 5.74) is 2.23. The molecule has 1 aliphatic heterocycles. The van der Waals surface area contributed by atoms with Crippen molar-refractivity contribution in [1.82, 2.24) is 9.80 Å². The third-order valence-corrected chi connectivity index (χ3v) is 3.57. The van der Waals surface area contributed by atoms with Crippen LogP contribution in [0.25, 0.3) is 0 Å². The van der Waals surface area contributed by atoms with Crippen LogP contribution in [0.2, 0.25) is 0 Å². The van der Waals surface area contributed by atoms with Gasteiger partial charge in [0.15, 0.2) is 0 Å². The molecule has 0 spiro atoms. The Labute approximate surface area is 116 Å². The number of aliphatic hydroxyl groups is 1. The second-order valence-electron chi connectivity index (χ2n) is 5.46. The van der Waals surface area contributed by atoms with E-state index in [0.717, 1.165) is 44.8 Å². The monoisotopic (exact) mass is 260 g/mol. The van der Waals surface area contributed by atoms with E-state index in [-0.39, 0.29) is 6.10 Å². The van der Waals surface area contributed by atoms with Crippen molar-refractivity contribution in [2.75, 3.05) is 39.3 Å². The average Bonchev–Trinajstić information content (AvgIpc) is 2.41. The highest BCUT2D eigenvalue weighted by Crippen LogP contribution is 2.15. The number of rotatable bonds is 5. The molecule has 1 saturated heterocycles. The predicted molar refractivity (Wildman–Crippen MR) is 79.1 cm³/mol. The molecule has 1 aliphatic rings. The van der Waals surface area contributed by atoms with Gasteiger partial charge in [-0.1, -0.05) is 42.5 Å². The van der Waals surface area contributed by atoms with Gasteiger partial charge in [0.25, 0.3) is 0 Å². The molecule has 1 unspecified atom stereocenters. The Kier molecular flexibility index (Phi) is 5.14. The minimum atomic E-state index is -0.381. The fraction of sp³-hybridized carbons (Fsp3) is 0.500. The van der Waals surface area contributed by atoms with Gasteiger partial charge in [-0.3, -0.25) is 9.80 Å². The van der Waals surface area contributed by atoms with Crippen molar-refractivity contribution < 1.29 is 5.11 Å². The second-order valence-corrected chi connectivity index (χ2v) is 5.46. The van der Waals surface area contributed by atoms with Crippen molar-refractivity contribution >= 4 is 0 Å². The average molecular weight is 260 g/mol. The van der Waals surface area contributed by atoms with Crippen molar-refractivity contribution in [3.8, 4) is 0 Å². The maximum absolute atomic E-state index is 10.2. The van der Waals surface area contributed by atoms with Gasteiger partial charge in [0.05, 0.1) is 6.10 Å². The Balaban J connectivity index is 1.78. The first-order chi connectivity index (χ1) is 9.15. The van der Waals surface area contributed by atoms with E-state index in [1.165, 1.54) is 5.57 Å². The molecule has 3 nitrogen and oxygen atoms in total. The van der Waals surface area contributed by atoms with Crippen molar-refractivity contribution in [3.05, 3.63) is 48.0 Å². The molecule has 0 amide bonds. The van der Waals surface area contributed by atoms with Crippen LogP contribution in [-0.2, 0) is 0 Å². The van der Waals surface area contributed by atoms with E-state index in [9.17, 15) is 5.11 Å². The number of aliphatic hydroxyl groups excluding tert-OH is 1. The summed E-state index contributed by atoms with van der Waals surface area (Å²) in [6.07, 6.45) is -0.381. The Morgan fingerprint density at radius 2 is 1.74 bits per heavy atom. The molecule has 0 radical (unpaired) electrons. The molecule has 1 aromatic rings. The largest absolute Gasteiger partial charge is 0.387 e. The zero-order chi connectivity index (χ0) is 13.7. The lowest BCUT2D eigenvalue weighted by Crippen LogP contribution is -2.47. The van der Waals surface area contributed by atoms with Crippen LogP contribution < -0.4 is 0 Å². The molecule has 2 rings (SSSR count). The third kappa shape index (κ3) is 4.46. The Morgan fingerprint density at radius 1 is 1.16 bits per heavy atom. The van der Waals surface area contributed by atoms with Crippen LogP contribution in [0.15, 0.2) is 42.5 Å². The van der Waals surface area contributed by atoms with Crippen molar-refractivity contribution in [2.24, 2.45) is 0 Å². The zero-order valence-corrected chi connectivity index (χ0v) is 11.8. The summed E-state index contributed by atoms with van der Waals surface area (Å²) in [7, 11) is 0. The molecule has 1 heterocycles. The smallest absolute Gasteiger partial charge is 0.0916 e. The summed E-state index contributed by atoms with van der Waals surface area (Å²) in [6, 6.07) is 9.91. The van der Waals surface area contributed by atoms with Crippen LogP contribution in [0, 0.1) is 0 Å². The first-order valence-electron chi connectivity index (χ1n) is 6.97. The quantitative estimate of drug-likeness (QED) is 0.819. The number of hydrogen-bond donors (Lipinski definition) is 1. The molecule has 0 bridgehead atoms. The molecule has 1 fully saturated rings. The molecule has 104 valence electrons. The maximum atomic E-state index is 10.2. The van der Waals surface area contributed by atoms with E-state index < -0.39 is 0 Å². The summed E-state index contributed by atoms with van der Waals surface area (Å²) in [4.78, 5) is 4.76. The summed E-state index contributed by atoms with van der Waals surface area (Å²) in [5.74, 6) is 0. The highest BCUT2D eigenvalue weighted by Gasteiger charge is 2.19. The normalized spacial score (nSPS) is 19.3. The highest BCUT2D eigenvalue weighted by molar-refractivity contribution is 5.17. The molecule has 1 atom stereocenters. The van der Waals surface area contributed by atoms with Gasteiger partial charge in [-0.25, -0.2) is 0 Å².